The van der Waals surface area contributed by atoms with E-state index in [-0.39, 0.29) is 11.9 Å². The van der Waals surface area contributed by atoms with Gasteiger partial charge in [0.05, 0.1) is 5.56 Å². The Morgan fingerprint density at radius 3 is 2.39 bits per heavy atom. The van der Waals surface area contributed by atoms with Gasteiger partial charge in [-0.1, -0.05) is 12.1 Å². The van der Waals surface area contributed by atoms with Gasteiger partial charge in [0.2, 0.25) is 0 Å². The van der Waals surface area contributed by atoms with Crippen molar-refractivity contribution >= 4 is 0 Å². The molecule has 18 heavy (non-hydrogen) atoms. The molecule has 1 heterocycles. The van der Waals surface area contributed by atoms with Crippen molar-refractivity contribution in [3.63, 3.8) is 0 Å². The van der Waals surface area contributed by atoms with Gasteiger partial charge in [-0.05, 0) is 25.0 Å². The molecule has 1 aromatic carbocycles. The normalized spacial score (nSPS) is 18.9. The first kappa shape index (κ1) is 13.2. The minimum atomic E-state index is -4.37. The van der Waals surface area contributed by atoms with E-state index in [2.05, 4.69) is 7.05 Å². The van der Waals surface area contributed by atoms with Crippen molar-refractivity contribution in [2.45, 2.75) is 25.1 Å². The van der Waals surface area contributed by atoms with Gasteiger partial charge in [-0.2, -0.15) is 13.2 Å². The Bertz CT molecular complexity index is 397. The fraction of sp³-hybridized carbons (Fsp3) is 0.462. The summed E-state index contributed by atoms with van der Waals surface area (Å²) < 4.78 is 43.8. The quantitative estimate of drug-likeness (QED) is 0.806. The van der Waals surface area contributed by atoms with Crippen LogP contribution in [0.4, 0.5) is 13.2 Å². The topological polar surface area (TPSA) is 12.5 Å². The van der Waals surface area contributed by atoms with Crippen LogP contribution >= 0.6 is 0 Å². The molecule has 0 amide bonds. The highest BCUT2D eigenvalue weighted by molar-refractivity contribution is 5.35. The van der Waals surface area contributed by atoms with Gasteiger partial charge in [-0.15, -0.1) is 0 Å². The number of nitrogens with zero attached hydrogens (tertiary/aromatic N) is 1. The Labute approximate surface area is 104 Å². The third kappa shape index (κ3) is 3.16. The maximum Gasteiger partial charge on any atom is 0.419 e. The van der Waals surface area contributed by atoms with Gasteiger partial charge in [-0.25, -0.2) is 0 Å². The predicted molar refractivity (Wildman–Crippen MR) is 62.0 cm³/mol. The zero-order valence-electron chi connectivity index (χ0n) is 9.91. The molecule has 1 saturated heterocycles. The molecule has 99 valence electrons. The molecule has 2 rings (SSSR count). The SMILES string of the molecule is [CH2]N1CCC(Oc2ccccc2C(F)(F)F)CC1. The molecule has 1 aliphatic heterocycles. The molecule has 1 fully saturated rings. The van der Waals surface area contributed by atoms with Crippen molar-refractivity contribution < 1.29 is 17.9 Å². The van der Waals surface area contributed by atoms with Crippen LogP contribution in [0.25, 0.3) is 0 Å². The summed E-state index contributed by atoms with van der Waals surface area (Å²) >= 11 is 0. The summed E-state index contributed by atoms with van der Waals surface area (Å²) in [6.07, 6.45) is -3.12. The average Bonchev–Trinajstić information content (AvgIpc) is 2.31. The molecule has 0 aliphatic carbocycles. The highest BCUT2D eigenvalue weighted by Gasteiger charge is 2.34. The van der Waals surface area contributed by atoms with Crippen molar-refractivity contribution in [3.05, 3.63) is 36.9 Å². The maximum atomic E-state index is 12.8. The summed E-state index contributed by atoms with van der Waals surface area (Å²) in [5.41, 5.74) is -0.706. The van der Waals surface area contributed by atoms with Crippen LogP contribution in [-0.4, -0.2) is 24.1 Å². The van der Waals surface area contributed by atoms with Crippen LogP contribution in [0.15, 0.2) is 24.3 Å². The number of benzene rings is 1. The summed E-state index contributed by atoms with van der Waals surface area (Å²) in [4.78, 5) is 1.90. The summed E-state index contributed by atoms with van der Waals surface area (Å²) in [6.45, 7) is 1.50. The van der Waals surface area contributed by atoms with E-state index in [1.54, 1.807) is 6.07 Å². The third-order valence-corrected chi connectivity index (χ3v) is 3.02. The smallest absolute Gasteiger partial charge is 0.419 e. The van der Waals surface area contributed by atoms with Crippen molar-refractivity contribution in [2.24, 2.45) is 0 Å². The Morgan fingerprint density at radius 2 is 1.78 bits per heavy atom. The second-order valence-electron chi connectivity index (χ2n) is 4.43. The highest BCUT2D eigenvalue weighted by atomic mass is 19.4. The molecule has 0 atom stereocenters. The van der Waals surface area contributed by atoms with E-state index in [4.69, 9.17) is 4.74 Å². The summed E-state index contributed by atoms with van der Waals surface area (Å²) in [5, 5.41) is 0. The van der Waals surface area contributed by atoms with Crippen LogP contribution in [0.1, 0.15) is 18.4 Å². The highest BCUT2D eigenvalue weighted by Crippen LogP contribution is 2.36. The second kappa shape index (κ2) is 5.18. The van der Waals surface area contributed by atoms with Gasteiger partial charge >= 0.3 is 6.18 Å². The van der Waals surface area contributed by atoms with Crippen LogP contribution in [0, 0.1) is 7.05 Å². The maximum absolute atomic E-state index is 12.8. The number of hydrogen-bond acceptors (Lipinski definition) is 2. The molecular weight excluding hydrogens is 243 g/mol. The molecule has 1 radical (unpaired) electrons. The first-order valence-electron chi connectivity index (χ1n) is 5.85. The summed E-state index contributed by atoms with van der Waals surface area (Å²) in [5.74, 6) is -0.0764. The van der Waals surface area contributed by atoms with Crippen LogP contribution in [0.2, 0.25) is 0 Å². The molecule has 0 saturated carbocycles. The molecule has 0 bridgehead atoms. The van der Waals surface area contributed by atoms with E-state index < -0.39 is 11.7 Å². The van der Waals surface area contributed by atoms with Gasteiger partial charge < -0.3 is 9.64 Å². The van der Waals surface area contributed by atoms with E-state index in [0.717, 1.165) is 19.2 Å². The molecule has 1 aliphatic rings. The van der Waals surface area contributed by atoms with Crippen LogP contribution in [0.3, 0.4) is 0 Å². The Morgan fingerprint density at radius 1 is 1.17 bits per heavy atom. The Balaban J connectivity index is 2.10. The molecule has 0 spiro atoms. The lowest BCUT2D eigenvalue weighted by atomic mass is 10.1. The zero-order chi connectivity index (χ0) is 13.2. The number of hydrogen-bond donors (Lipinski definition) is 0. The van der Waals surface area contributed by atoms with E-state index in [9.17, 15) is 13.2 Å². The Hall–Kier alpha value is -1.23. The largest absolute Gasteiger partial charge is 0.490 e. The molecule has 0 aromatic heterocycles. The number of piperidine rings is 1. The fourth-order valence-corrected chi connectivity index (χ4v) is 2.01. The number of likely N-dealkylation sites (tertiary alicyclic amines) is 1. The molecule has 1 aromatic rings. The van der Waals surface area contributed by atoms with Crippen LogP contribution in [-0.2, 0) is 6.18 Å². The van der Waals surface area contributed by atoms with Crippen LogP contribution < -0.4 is 4.74 Å². The first-order valence-corrected chi connectivity index (χ1v) is 5.85. The number of ether oxygens (including phenoxy) is 1. The van der Waals surface area contributed by atoms with Gasteiger partial charge in [0.15, 0.2) is 0 Å². The lowest BCUT2D eigenvalue weighted by Gasteiger charge is -2.29. The number of rotatable bonds is 2. The molecular formula is C13H15F3NO. The Kier molecular flexibility index (Phi) is 3.80. The zero-order valence-corrected chi connectivity index (χ0v) is 9.91. The predicted octanol–water partition coefficient (Wildman–Crippen LogP) is 3.34. The first-order chi connectivity index (χ1) is 8.47. The summed E-state index contributed by atoms with van der Waals surface area (Å²) in [7, 11) is 3.79. The number of halogens is 3. The van der Waals surface area contributed by atoms with Gasteiger partial charge in [0, 0.05) is 20.1 Å². The second-order valence-corrected chi connectivity index (χ2v) is 4.43. The van der Waals surface area contributed by atoms with Gasteiger partial charge in [0.1, 0.15) is 11.9 Å². The molecule has 5 heteroatoms. The van der Waals surface area contributed by atoms with E-state index in [1.807, 2.05) is 4.90 Å². The minimum Gasteiger partial charge on any atom is -0.490 e. The van der Waals surface area contributed by atoms with E-state index in [0.29, 0.717) is 12.8 Å². The lowest BCUT2D eigenvalue weighted by Crippen LogP contribution is -2.34. The molecule has 0 N–H and O–H groups in total. The van der Waals surface area contributed by atoms with Gasteiger partial charge in [0.25, 0.3) is 0 Å². The lowest BCUT2D eigenvalue weighted by molar-refractivity contribution is -0.139. The minimum absolute atomic E-state index is 0.0764. The van der Waals surface area contributed by atoms with Crippen molar-refractivity contribution in [2.75, 3.05) is 13.1 Å². The number of alkyl halides is 3. The van der Waals surface area contributed by atoms with Crippen molar-refractivity contribution in [3.8, 4) is 5.75 Å². The third-order valence-electron chi connectivity index (χ3n) is 3.02. The van der Waals surface area contributed by atoms with Gasteiger partial charge in [-0.3, -0.25) is 0 Å². The fourth-order valence-electron chi connectivity index (χ4n) is 2.01. The number of para-hydroxylation sites is 1. The van der Waals surface area contributed by atoms with Crippen molar-refractivity contribution in [1.29, 1.82) is 0 Å². The van der Waals surface area contributed by atoms with Crippen LogP contribution in [0.5, 0.6) is 5.75 Å². The summed E-state index contributed by atoms with van der Waals surface area (Å²) in [6, 6.07) is 5.35. The van der Waals surface area contributed by atoms with Crippen molar-refractivity contribution in [1.82, 2.24) is 4.90 Å². The van der Waals surface area contributed by atoms with E-state index in [1.165, 1.54) is 12.1 Å². The molecule has 0 unspecified atom stereocenters. The monoisotopic (exact) mass is 258 g/mol. The standard InChI is InChI=1S/C13H15F3NO/c1-17-8-6-10(7-9-17)18-12-5-3-2-4-11(12)13(14,15)16/h2-5,10H,1,6-9H2. The molecule has 2 nitrogen and oxygen atoms in total. The van der Waals surface area contributed by atoms with E-state index >= 15 is 0 Å². The average molecular weight is 258 g/mol.